The Morgan fingerprint density at radius 3 is 2.69 bits per heavy atom. The Labute approximate surface area is 188 Å². The normalized spacial score (nSPS) is 16.9. The van der Waals surface area contributed by atoms with Crippen LogP contribution in [0.1, 0.15) is 45.6 Å². The third-order valence-corrected chi connectivity index (χ3v) is 5.62. The molecule has 1 fully saturated rings. The molecular formula is C24H32N6O2. The van der Waals surface area contributed by atoms with Crippen molar-refractivity contribution in [3.8, 4) is 11.3 Å². The number of carbonyl (C=O) groups excluding carboxylic acids is 1. The molecule has 0 bridgehead atoms. The van der Waals surface area contributed by atoms with E-state index in [4.69, 9.17) is 15.6 Å². The van der Waals surface area contributed by atoms with Gasteiger partial charge in [0.05, 0.1) is 17.9 Å². The number of nitrogens with one attached hydrogen (secondary N) is 1. The van der Waals surface area contributed by atoms with Crippen molar-refractivity contribution in [1.82, 2.24) is 19.5 Å². The highest BCUT2D eigenvalue weighted by Gasteiger charge is 2.30. The molecule has 0 saturated carbocycles. The van der Waals surface area contributed by atoms with Crippen LogP contribution < -0.4 is 11.1 Å². The molecule has 1 amide bonds. The molecule has 4 rings (SSSR count). The summed E-state index contributed by atoms with van der Waals surface area (Å²) in [6.45, 7) is 7.54. The van der Waals surface area contributed by atoms with Crippen LogP contribution in [0.5, 0.6) is 0 Å². The fourth-order valence-corrected chi connectivity index (χ4v) is 3.97. The summed E-state index contributed by atoms with van der Waals surface area (Å²) in [7, 11) is 0. The number of nitrogens with zero attached hydrogens (tertiary/aromatic N) is 4. The Hall–Kier alpha value is -3.13. The molecule has 170 valence electrons. The van der Waals surface area contributed by atoms with Crippen LogP contribution >= 0.6 is 0 Å². The monoisotopic (exact) mass is 436 g/mol. The first kappa shape index (κ1) is 22.1. The minimum atomic E-state index is -0.501. The van der Waals surface area contributed by atoms with Crippen LogP contribution in [0.2, 0.25) is 0 Å². The number of amides is 1. The van der Waals surface area contributed by atoms with Crippen molar-refractivity contribution in [2.45, 2.75) is 58.2 Å². The zero-order chi connectivity index (χ0) is 22.7. The van der Waals surface area contributed by atoms with Gasteiger partial charge in [0.25, 0.3) is 0 Å². The van der Waals surface area contributed by atoms with Gasteiger partial charge in [-0.2, -0.15) is 0 Å². The number of carbonyl (C=O) groups is 1. The number of nitrogens with two attached hydrogens (primary N) is 1. The number of anilines is 1. The molecule has 1 aromatic carbocycles. The van der Waals surface area contributed by atoms with Crippen LogP contribution in [-0.2, 0) is 11.3 Å². The molecule has 3 N–H and O–H groups in total. The maximum atomic E-state index is 12.7. The summed E-state index contributed by atoms with van der Waals surface area (Å²) in [5.74, 6) is 0.741. The molecule has 1 saturated heterocycles. The average molecular weight is 437 g/mol. The number of benzene rings is 1. The summed E-state index contributed by atoms with van der Waals surface area (Å²) < 4.78 is 7.45. The highest BCUT2D eigenvalue weighted by atomic mass is 16.6. The molecule has 8 nitrogen and oxygen atoms in total. The Morgan fingerprint density at radius 1 is 1.19 bits per heavy atom. The van der Waals surface area contributed by atoms with Gasteiger partial charge >= 0.3 is 6.09 Å². The molecular weight excluding hydrogens is 404 g/mol. The van der Waals surface area contributed by atoms with Crippen molar-refractivity contribution in [1.29, 1.82) is 0 Å². The molecule has 0 aliphatic carbocycles. The van der Waals surface area contributed by atoms with Crippen LogP contribution in [0.3, 0.4) is 0 Å². The second kappa shape index (κ2) is 9.16. The van der Waals surface area contributed by atoms with Crippen molar-refractivity contribution < 1.29 is 9.53 Å². The van der Waals surface area contributed by atoms with Crippen LogP contribution in [-0.4, -0.2) is 50.3 Å². The third kappa shape index (κ3) is 5.02. The summed E-state index contributed by atoms with van der Waals surface area (Å²) in [6.07, 6.45) is 4.63. The molecule has 0 unspecified atom stereocenters. The summed E-state index contributed by atoms with van der Waals surface area (Å²) in [6, 6.07) is 12.0. The quantitative estimate of drug-likeness (QED) is 0.626. The molecule has 1 atom stereocenters. The van der Waals surface area contributed by atoms with Gasteiger partial charge in [-0.1, -0.05) is 24.3 Å². The summed E-state index contributed by atoms with van der Waals surface area (Å²) in [5.41, 5.74) is 9.02. The predicted molar refractivity (Wildman–Crippen MR) is 125 cm³/mol. The van der Waals surface area contributed by atoms with E-state index in [1.54, 1.807) is 0 Å². The van der Waals surface area contributed by atoms with Gasteiger partial charge in [0, 0.05) is 25.2 Å². The fourth-order valence-electron chi connectivity index (χ4n) is 3.97. The smallest absolute Gasteiger partial charge is 0.410 e. The van der Waals surface area contributed by atoms with Crippen molar-refractivity contribution in [2.24, 2.45) is 5.73 Å². The summed E-state index contributed by atoms with van der Waals surface area (Å²) >= 11 is 0. The number of piperidine rings is 1. The highest BCUT2D eigenvalue weighted by Crippen LogP contribution is 2.23. The lowest BCUT2D eigenvalue weighted by atomic mass is 10.0. The minimum Gasteiger partial charge on any atom is -0.444 e. The van der Waals surface area contributed by atoms with Gasteiger partial charge in [0.1, 0.15) is 11.4 Å². The second-order valence-corrected chi connectivity index (χ2v) is 9.24. The van der Waals surface area contributed by atoms with E-state index in [9.17, 15) is 4.79 Å². The molecule has 32 heavy (non-hydrogen) atoms. The van der Waals surface area contributed by atoms with Gasteiger partial charge in [-0.3, -0.25) is 0 Å². The third-order valence-electron chi connectivity index (χ3n) is 5.62. The number of likely N-dealkylation sites (tertiary alicyclic amines) is 1. The Balaban J connectivity index is 1.49. The van der Waals surface area contributed by atoms with Gasteiger partial charge in [0.2, 0.25) is 0 Å². The van der Waals surface area contributed by atoms with Gasteiger partial charge in [-0.05, 0) is 57.7 Å². The molecule has 0 radical (unpaired) electrons. The maximum Gasteiger partial charge on any atom is 0.410 e. The fraction of sp³-hybridized carbons (Fsp3) is 0.458. The van der Waals surface area contributed by atoms with Gasteiger partial charge < -0.3 is 20.7 Å². The second-order valence-electron chi connectivity index (χ2n) is 9.24. The maximum absolute atomic E-state index is 12.7. The van der Waals surface area contributed by atoms with Crippen molar-refractivity contribution in [3.63, 3.8) is 0 Å². The van der Waals surface area contributed by atoms with Gasteiger partial charge in [-0.15, -0.1) is 5.10 Å². The van der Waals surface area contributed by atoms with Gasteiger partial charge in [0.15, 0.2) is 5.65 Å². The van der Waals surface area contributed by atoms with E-state index in [-0.39, 0.29) is 12.1 Å². The number of hydrogen-bond acceptors (Lipinski definition) is 6. The Kier molecular flexibility index (Phi) is 6.32. The lowest BCUT2D eigenvalue weighted by molar-refractivity contribution is 0.0114. The molecule has 1 aliphatic heterocycles. The standard InChI is InChI=1S/C24H32N6O2/c1-24(2,3)32-23(31)29-13-5-4-6-19(29)15-26-21-11-12-22-27-16-20(30(22)28-21)18-9-7-17(14-25)8-10-18/h7-12,16,19H,4-6,13-15,25H2,1-3H3,(H,26,28)/t19-/m0/s1. The van der Waals surface area contributed by atoms with Crippen molar-refractivity contribution >= 4 is 17.6 Å². The Bertz CT molecular complexity index is 1070. The molecule has 2 aromatic heterocycles. The lowest BCUT2D eigenvalue weighted by Gasteiger charge is -2.36. The first-order valence-corrected chi connectivity index (χ1v) is 11.2. The average Bonchev–Trinajstić information content (AvgIpc) is 3.20. The first-order valence-electron chi connectivity index (χ1n) is 11.2. The topological polar surface area (TPSA) is 97.8 Å². The van der Waals surface area contributed by atoms with E-state index in [2.05, 4.69) is 10.3 Å². The van der Waals surface area contributed by atoms with Crippen molar-refractivity contribution in [2.75, 3.05) is 18.4 Å². The molecule has 3 aromatic rings. The number of fused-ring (bicyclic) bond motifs is 1. The molecule has 1 aliphatic rings. The number of aromatic nitrogens is 3. The Morgan fingerprint density at radius 2 is 1.97 bits per heavy atom. The van der Waals surface area contributed by atoms with Crippen LogP contribution in [0.25, 0.3) is 16.9 Å². The predicted octanol–water partition coefficient (Wildman–Crippen LogP) is 4.06. The first-order chi connectivity index (χ1) is 15.3. The molecule has 3 heterocycles. The number of rotatable bonds is 5. The van der Waals surface area contributed by atoms with Crippen LogP contribution in [0.15, 0.2) is 42.6 Å². The van der Waals surface area contributed by atoms with Crippen LogP contribution in [0, 0.1) is 0 Å². The van der Waals surface area contributed by atoms with E-state index in [1.165, 1.54) is 0 Å². The van der Waals surface area contributed by atoms with Crippen molar-refractivity contribution in [3.05, 3.63) is 48.2 Å². The SMILES string of the molecule is CC(C)(C)OC(=O)N1CCCC[C@H]1CNc1ccc2ncc(-c3ccc(CN)cc3)n2n1. The van der Waals surface area contributed by atoms with E-state index < -0.39 is 5.60 Å². The zero-order valence-electron chi connectivity index (χ0n) is 19.0. The minimum absolute atomic E-state index is 0.0714. The van der Waals surface area contributed by atoms with Crippen LogP contribution in [0.4, 0.5) is 10.6 Å². The van der Waals surface area contributed by atoms with E-state index in [1.807, 2.05) is 72.8 Å². The lowest BCUT2D eigenvalue weighted by Crippen LogP contribution is -2.49. The van der Waals surface area contributed by atoms with E-state index >= 15 is 0 Å². The number of hydrogen-bond donors (Lipinski definition) is 2. The van der Waals surface area contributed by atoms with E-state index in [0.717, 1.165) is 54.1 Å². The largest absolute Gasteiger partial charge is 0.444 e. The summed E-state index contributed by atoms with van der Waals surface area (Å²) in [5, 5.41) is 8.17. The number of ether oxygens (including phenoxy) is 1. The molecule has 8 heteroatoms. The highest BCUT2D eigenvalue weighted by molar-refractivity contribution is 5.69. The van der Waals surface area contributed by atoms with E-state index in [0.29, 0.717) is 13.1 Å². The molecule has 0 spiro atoms. The van der Waals surface area contributed by atoms with Gasteiger partial charge in [-0.25, -0.2) is 14.3 Å². The summed E-state index contributed by atoms with van der Waals surface area (Å²) in [4.78, 5) is 19.0. The zero-order valence-corrected chi connectivity index (χ0v) is 19.0. The number of imidazole rings is 1.